The number of piperidine rings is 1. The highest BCUT2D eigenvalue weighted by molar-refractivity contribution is 7.13. The summed E-state index contributed by atoms with van der Waals surface area (Å²) in [6, 6.07) is 2.49. The minimum absolute atomic E-state index is 0.147. The second-order valence-electron chi connectivity index (χ2n) is 8.10. The van der Waals surface area contributed by atoms with Gasteiger partial charge in [-0.25, -0.2) is 18.6 Å². The number of rotatable bonds is 4. The van der Waals surface area contributed by atoms with Gasteiger partial charge in [0.15, 0.2) is 10.9 Å². The van der Waals surface area contributed by atoms with Crippen LogP contribution in [0.25, 0.3) is 0 Å². The quantitative estimate of drug-likeness (QED) is 0.708. The Morgan fingerprint density at radius 1 is 1.30 bits per heavy atom. The SMILES string of the molecule is CC(C)(C)OC(=O)N1CC(C(=O)c2c(F)cccc2F)C(N)CC1Nc1nccs1. The molecule has 2 heterocycles. The molecule has 2 aromatic rings. The molecule has 3 atom stereocenters. The summed E-state index contributed by atoms with van der Waals surface area (Å²) in [5.41, 5.74) is 4.82. The smallest absolute Gasteiger partial charge is 0.411 e. The Bertz CT molecular complexity index is 897. The van der Waals surface area contributed by atoms with Gasteiger partial charge < -0.3 is 15.8 Å². The van der Waals surface area contributed by atoms with E-state index in [1.54, 1.807) is 32.3 Å². The van der Waals surface area contributed by atoms with Crippen molar-refractivity contribution in [2.75, 3.05) is 11.9 Å². The number of amides is 1. The summed E-state index contributed by atoms with van der Waals surface area (Å²) in [6.07, 6.45) is 0.539. The fraction of sp³-hybridized carbons (Fsp3) is 0.450. The lowest BCUT2D eigenvalue weighted by Gasteiger charge is -2.42. The van der Waals surface area contributed by atoms with Crippen LogP contribution < -0.4 is 11.1 Å². The number of likely N-dealkylation sites (tertiary alicyclic amines) is 1. The van der Waals surface area contributed by atoms with E-state index >= 15 is 0 Å². The standard InChI is InChI=1S/C20H24F2N4O3S/c1-20(2,3)29-19(28)26-10-11(17(27)16-12(21)5-4-6-13(16)22)14(23)9-15(26)25-18-24-7-8-30-18/h4-8,11,14-15H,9-10,23H2,1-3H3,(H,24,25). The lowest BCUT2D eigenvalue weighted by molar-refractivity contribution is 0.00527. The molecule has 1 fully saturated rings. The van der Waals surface area contributed by atoms with Crippen molar-refractivity contribution in [2.45, 2.75) is 45.0 Å². The molecule has 162 valence electrons. The molecule has 1 aliphatic rings. The van der Waals surface area contributed by atoms with Crippen LogP contribution in [0.2, 0.25) is 0 Å². The number of hydrogen-bond donors (Lipinski definition) is 2. The molecule has 1 aliphatic heterocycles. The Kier molecular flexibility index (Phi) is 6.37. The number of nitrogens with one attached hydrogen (secondary N) is 1. The van der Waals surface area contributed by atoms with Crippen LogP contribution in [0.4, 0.5) is 18.7 Å². The molecule has 0 bridgehead atoms. The first kappa shape index (κ1) is 22.1. The van der Waals surface area contributed by atoms with Gasteiger partial charge in [-0.3, -0.25) is 9.69 Å². The second-order valence-corrected chi connectivity index (χ2v) is 8.99. The predicted molar refractivity (Wildman–Crippen MR) is 109 cm³/mol. The molecule has 10 heteroatoms. The number of nitrogens with two attached hydrogens (primary N) is 1. The van der Waals surface area contributed by atoms with E-state index in [0.717, 1.165) is 12.1 Å². The van der Waals surface area contributed by atoms with Crippen LogP contribution in [0.1, 0.15) is 37.6 Å². The van der Waals surface area contributed by atoms with Crippen molar-refractivity contribution in [1.29, 1.82) is 0 Å². The number of halogens is 2. The molecule has 1 saturated heterocycles. The Balaban J connectivity index is 1.89. The molecule has 1 aromatic carbocycles. The first-order chi connectivity index (χ1) is 14.1. The van der Waals surface area contributed by atoms with Crippen LogP contribution in [0.3, 0.4) is 0 Å². The third-order valence-corrected chi connectivity index (χ3v) is 5.38. The number of anilines is 1. The summed E-state index contributed by atoms with van der Waals surface area (Å²) in [4.78, 5) is 31.3. The molecule has 0 saturated carbocycles. The van der Waals surface area contributed by atoms with Gasteiger partial charge in [-0.2, -0.15) is 0 Å². The minimum Gasteiger partial charge on any atom is -0.444 e. The number of aromatic nitrogens is 1. The van der Waals surface area contributed by atoms with E-state index in [1.807, 2.05) is 0 Å². The van der Waals surface area contributed by atoms with E-state index < -0.39 is 52.8 Å². The van der Waals surface area contributed by atoms with E-state index in [0.29, 0.717) is 5.13 Å². The summed E-state index contributed by atoms with van der Waals surface area (Å²) in [5, 5.41) is 5.47. The van der Waals surface area contributed by atoms with Crippen molar-refractivity contribution < 1.29 is 23.1 Å². The topological polar surface area (TPSA) is 97.5 Å². The first-order valence-electron chi connectivity index (χ1n) is 9.46. The van der Waals surface area contributed by atoms with E-state index in [2.05, 4.69) is 10.3 Å². The maximum atomic E-state index is 14.2. The highest BCUT2D eigenvalue weighted by Gasteiger charge is 2.42. The van der Waals surface area contributed by atoms with Gasteiger partial charge in [-0.1, -0.05) is 6.07 Å². The van der Waals surface area contributed by atoms with Gasteiger partial charge in [0.2, 0.25) is 0 Å². The van der Waals surface area contributed by atoms with Crippen molar-refractivity contribution in [3.05, 3.63) is 47.0 Å². The number of thiazole rings is 1. The molecule has 0 aliphatic carbocycles. The average molecular weight is 439 g/mol. The second kappa shape index (κ2) is 8.65. The molecule has 0 spiro atoms. The third-order valence-electron chi connectivity index (χ3n) is 4.68. The predicted octanol–water partition coefficient (Wildman–Crippen LogP) is 3.63. The Morgan fingerprint density at radius 2 is 1.97 bits per heavy atom. The zero-order valence-corrected chi connectivity index (χ0v) is 17.7. The highest BCUT2D eigenvalue weighted by atomic mass is 32.1. The molecule has 3 N–H and O–H groups in total. The van der Waals surface area contributed by atoms with Gasteiger partial charge in [-0.15, -0.1) is 11.3 Å². The molecule has 0 radical (unpaired) electrons. The molecular formula is C20H24F2N4O3S. The number of ketones is 1. The van der Waals surface area contributed by atoms with Crippen molar-refractivity contribution in [3.8, 4) is 0 Å². The van der Waals surface area contributed by atoms with Crippen molar-refractivity contribution in [3.63, 3.8) is 0 Å². The maximum Gasteiger partial charge on any atom is 0.411 e. The monoisotopic (exact) mass is 438 g/mol. The van der Waals surface area contributed by atoms with Gasteiger partial charge in [0.25, 0.3) is 0 Å². The number of carbonyl (C=O) groups is 2. The van der Waals surface area contributed by atoms with Crippen LogP contribution in [0.5, 0.6) is 0 Å². The van der Waals surface area contributed by atoms with Crippen LogP contribution in [-0.4, -0.2) is 46.1 Å². The van der Waals surface area contributed by atoms with Crippen LogP contribution in [0, 0.1) is 17.6 Å². The van der Waals surface area contributed by atoms with Gasteiger partial charge >= 0.3 is 6.09 Å². The zero-order valence-electron chi connectivity index (χ0n) is 16.9. The zero-order chi connectivity index (χ0) is 22.1. The van der Waals surface area contributed by atoms with Crippen LogP contribution in [0.15, 0.2) is 29.8 Å². The number of ether oxygens (including phenoxy) is 1. The van der Waals surface area contributed by atoms with Gasteiger partial charge in [0, 0.05) is 30.6 Å². The summed E-state index contributed by atoms with van der Waals surface area (Å²) >= 11 is 1.34. The summed E-state index contributed by atoms with van der Waals surface area (Å²) in [7, 11) is 0. The fourth-order valence-electron chi connectivity index (χ4n) is 3.32. The lowest BCUT2D eigenvalue weighted by atomic mass is 9.84. The van der Waals surface area contributed by atoms with Crippen LogP contribution in [-0.2, 0) is 4.74 Å². The Morgan fingerprint density at radius 3 is 2.53 bits per heavy atom. The minimum atomic E-state index is -0.988. The molecule has 1 amide bonds. The van der Waals surface area contributed by atoms with Crippen molar-refractivity contribution in [2.24, 2.45) is 11.7 Å². The van der Waals surface area contributed by atoms with E-state index in [-0.39, 0.29) is 13.0 Å². The number of nitrogens with zero attached hydrogens (tertiary/aromatic N) is 2. The van der Waals surface area contributed by atoms with Crippen LogP contribution >= 0.6 is 11.3 Å². The number of Topliss-reactive ketones (excluding diaryl/α,β-unsaturated/α-hetero) is 1. The van der Waals surface area contributed by atoms with Gasteiger partial charge in [0.05, 0.1) is 11.5 Å². The molecule has 3 unspecified atom stereocenters. The van der Waals surface area contributed by atoms with Gasteiger partial charge in [0.1, 0.15) is 23.4 Å². The van der Waals surface area contributed by atoms with Crippen molar-refractivity contribution >= 4 is 28.3 Å². The third kappa shape index (κ3) is 4.93. The number of carbonyl (C=O) groups excluding carboxylic acids is 2. The number of hydrogen-bond acceptors (Lipinski definition) is 7. The number of benzene rings is 1. The normalized spacial score (nSPS) is 21.9. The largest absolute Gasteiger partial charge is 0.444 e. The molecule has 1 aromatic heterocycles. The van der Waals surface area contributed by atoms with Gasteiger partial charge in [-0.05, 0) is 32.9 Å². The lowest BCUT2D eigenvalue weighted by Crippen LogP contribution is -2.59. The maximum absolute atomic E-state index is 14.2. The Hall–Kier alpha value is -2.59. The molecule has 30 heavy (non-hydrogen) atoms. The highest BCUT2D eigenvalue weighted by Crippen LogP contribution is 2.29. The van der Waals surface area contributed by atoms with E-state index in [4.69, 9.17) is 10.5 Å². The van der Waals surface area contributed by atoms with E-state index in [1.165, 1.54) is 22.3 Å². The fourth-order valence-corrected chi connectivity index (χ4v) is 3.89. The summed E-state index contributed by atoms with van der Waals surface area (Å²) in [6.45, 7) is 5.02. The molecule has 7 nitrogen and oxygen atoms in total. The molecule has 3 rings (SSSR count). The summed E-state index contributed by atoms with van der Waals surface area (Å²) in [5.74, 6) is -3.68. The molecular weight excluding hydrogens is 414 g/mol. The Labute approximate surface area is 177 Å². The summed E-state index contributed by atoms with van der Waals surface area (Å²) < 4.78 is 33.8. The first-order valence-corrected chi connectivity index (χ1v) is 10.3. The van der Waals surface area contributed by atoms with E-state index in [9.17, 15) is 18.4 Å². The van der Waals surface area contributed by atoms with Crippen molar-refractivity contribution in [1.82, 2.24) is 9.88 Å². The average Bonchev–Trinajstić information content (AvgIpc) is 3.13.